The third kappa shape index (κ3) is 2.62. The van der Waals surface area contributed by atoms with E-state index >= 15 is 0 Å². The Labute approximate surface area is 130 Å². The van der Waals surface area contributed by atoms with E-state index in [1.807, 2.05) is 6.92 Å². The maximum absolute atomic E-state index is 12.4. The number of nitrogens with zero attached hydrogens (tertiary/aromatic N) is 1. The van der Waals surface area contributed by atoms with E-state index in [-0.39, 0.29) is 5.24 Å². The molecule has 1 saturated heterocycles. The van der Waals surface area contributed by atoms with Gasteiger partial charge in [0.15, 0.2) is 0 Å². The zero-order chi connectivity index (χ0) is 15.0. The van der Waals surface area contributed by atoms with E-state index in [0.717, 1.165) is 22.4 Å². The van der Waals surface area contributed by atoms with Gasteiger partial charge in [-0.3, -0.25) is 9.59 Å². The first kappa shape index (κ1) is 14.0. The Morgan fingerprint density at radius 2 is 1.95 bits per heavy atom. The second kappa shape index (κ2) is 5.42. The van der Waals surface area contributed by atoms with Crippen molar-refractivity contribution < 1.29 is 14.0 Å². The monoisotopic (exact) mass is 319 g/mol. The summed E-state index contributed by atoms with van der Waals surface area (Å²) < 4.78 is 5.40. The summed E-state index contributed by atoms with van der Waals surface area (Å²) in [6, 6.07) is 10.3. The molecule has 2 amide bonds. The van der Waals surface area contributed by atoms with Gasteiger partial charge in [0.2, 0.25) is 0 Å². The minimum atomic E-state index is -0.396. The number of anilines is 1. The average molecular weight is 320 g/mol. The van der Waals surface area contributed by atoms with Crippen molar-refractivity contribution in [2.24, 2.45) is 0 Å². The van der Waals surface area contributed by atoms with Crippen LogP contribution in [0.1, 0.15) is 11.5 Å². The summed E-state index contributed by atoms with van der Waals surface area (Å²) in [5, 5.41) is -0.0162. The van der Waals surface area contributed by atoms with Gasteiger partial charge in [-0.15, -0.1) is 0 Å². The number of amides is 2. The Bertz CT molecular complexity index is 766. The molecule has 1 aromatic heterocycles. The second-order valence-corrected chi connectivity index (χ2v) is 5.82. The normalized spacial score (nSPS) is 17.0. The number of carbonyl (C=O) groups is 2. The number of hydrogen-bond acceptors (Lipinski definition) is 4. The van der Waals surface area contributed by atoms with Crippen molar-refractivity contribution >= 4 is 46.3 Å². The predicted molar refractivity (Wildman–Crippen MR) is 83.3 cm³/mol. The first-order chi connectivity index (χ1) is 10.1. The maximum Gasteiger partial charge on any atom is 0.298 e. The van der Waals surface area contributed by atoms with Gasteiger partial charge < -0.3 is 4.42 Å². The summed E-state index contributed by atoms with van der Waals surface area (Å²) in [7, 11) is 0. The van der Waals surface area contributed by atoms with Gasteiger partial charge >= 0.3 is 0 Å². The molecule has 106 valence electrons. The molecule has 0 unspecified atom stereocenters. The summed E-state index contributed by atoms with van der Waals surface area (Å²) >= 11 is 6.92. The lowest BCUT2D eigenvalue weighted by molar-refractivity contribution is -0.113. The minimum Gasteiger partial charge on any atom is -0.462 e. The number of rotatable bonds is 2. The number of benzene rings is 1. The molecule has 3 rings (SSSR count). The first-order valence-electron chi connectivity index (χ1n) is 6.15. The molecular weight excluding hydrogens is 310 g/mol. The van der Waals surface area contributed by atoms with Gasteiger partial charge in [-0.25, -0.2) is 4.90 Å². The van der Waals surface area contributed by atoms with Crippen LogP contribution < -0.4 is 4.90 Å². The SMILES string of the molecule is Cc1ccc(/C=C2\SC(=O)N(c3ccccc3Cl)C2=O)o1. The highest BCUT2D eigenvalue weighted by Gasteiger charge is 2.37. The number of halogens is 1. The molecule has 21 heavy (non-hydrogen) atoms. The largest absolute Gasteiger partial charge is 0.462 e. The molecule has 4 nitrogen and oxygen atoms in total. The summed E-state index contributed by atoms with van der Waals surface area (Å²) in [4.78, 5) is 25.9. The molecule has 0 saturated carbocycles. The fourth-order valence-corrected chi connectivity index (χ4v) is 3.00. The van der Waals surface area contributed by atoms with Crippen LogP contribution in [0.4, 0.5) is 10.5 Å². The van der Waals surface area contributed by atoms with Gasteiger partial charge in [-0.2, -0.15) is 0 Å². The molecule has 0 radical (unpaired) electrons. The van der Waals surface area contributed by atoms with Crippen molar-refractivity contribution in [1.29, 1.82) is 0 Å². The molecule has 1 aliphatic rings. The molecule has 0 N–H and O–H groups in total. The number of imide groups is 1. The average Bonchev–Trinajstić information content (AvgIpc) is 2.96. The summed E-state index contributed by atoms with van der Waals surface area (Å²) in [6.07, 6.45) is 1.56. The topological polar surface area (TPSA) is 50.5 Å². The summed E-state index contributed by atoms with van der Waals surface area (Å²) in [5.41, 5.74) is 0.390. The quantitative estimate of drug-likeness (QED) is 0.766. The van der Waals surface area contributed by atoms with Gasteiger partial charge in [0.05, 0.1) is 15.6 Å². The fraction of sp³-hybridized carbons (Fsp3) is 0.0667. The van der Waals surface area contributed by atoms with E-state index in [2.05, 4.69) is 0 Å². The lowest BCUT2D eigenvalue weighted by atomic mass is 10.3. The number of furan rings is 1. The van der Waals surface area contributed by atoms with E-state index in [9.17, 15) is 9.59 Å². The van der Waals surface area contributed by atoms with Crippen LogP contribution in [0.15, 0.2) is 45.7 Å². The molecule has 2 heterocycles. The Morgan fingerprint density at radius 3 is 2.62 bits per heavy atom. The molecular formula is C15H10ClNO3S. The number of para-hydroxylation sites is 1. The van der Waals surface area contributed by atoms with Crippen molar-refractivity contribution in [2.45, 2.75) is 6.92 Å². The van der Waals surface area contributed by atoms with Crippen LogP contribution in [-0.2, 0) is 4.79 Å². The smallest absolute Gasteiger partial charge is 0.298 e. The zero-order valence-corrected chi connectivity index (χ0v) is 12.6. The zero-order valence-electron chi connectivity index (χ0n) is 11.0. The van der Waals surface area contributed by atoms with Crippen molar-refractivity contribution in [1.82, 2.24) is 0 Å². The van der Waals surface area contributed by atoms with Gasteiger partial charge in [0.1, 0.15) is 11.5 Å². The predicted octanol–water partition coefficient (Wildman–Crippen LogP) is 4.48. The third-order valence-electron chi connectivity index (χ3n) is 2.92. The molecule has 6 heteroatoms. The van der Waals surface area contributed by atoms with Crippen molar-refractivity contribution in [3.8, 4) is 0 Å². The first-order valence-corrected chi connectivity index (χ1v) is 7.34. The highest BCUT2D eigenvalue weighted by Crippen LogP contribution is 2.38. The molecule has 1 aromatic carbocycles. The van der Waals surface area contributed by atoms with E-state index in [4.69, 9.17) is 16.0 Å². The summed E-state index contributed by atoms with van der Waals surface area (Å²) in [5.74, 6) is 0.885. The molecule has 1 aliphatic heterocycles. The van der Waals surface area contributed by atoms with Crippen LogP contribution in [0.3, 0.4) is 0 Å². The third-order valence-corrected chi connectivity index (χ3v) is 4.11. The Kier molecular flexibility index (Phi) is 3.61. The molecule has 0 bridgehead atoms. The second-order valence-electron chi connectivity index (χ2n) is 4.42. The van der Waals surface area contributed by atoms with Gasteiger partial charge in [0.25, 0.3) is 11.1 Å². The van der Waals surface area contributed by atoms with E-state index in [0.29, 0.717) is 21.4 Å². The Morgan fingerprint density at radius 1 is 1.19 bits per heavy atom. The maximum atomic E-state index is 12.4. The Hall–Kier alpha value is -1.98. The highest BCUT2D eigenvalue weighted by molar-refractivity contribution is 8.19. The van der Waals surface area contributed by atoms with E-state index in [1.165, 1.54) is 0 Å². The molecule has 0 spiro atoms. The Balaban J connectivity index is 1.96. The van der Waals surface area contributed by atoms with Gasteiger partial charge in [-0.05, 0) is 43.0 Å². The lowest BCUT2D eigenvalue weighted by Gasteiger charge is -2.13. The molecule has 2 aromatic rings. The van der Waals surface area contributed by atoms with Crippen LogP contribution in [0, 0.1) is 6.92 Å². The minimum absolute atomic E-state index is 0.314. The molecule has 0 atom stereocenters. The van der Waals surface area contributed by atoms with Crippen LogP contribution in [0.2, 0.25) is 5.02 Å². The van der Waals surface area contributed by atoms with Crippen molar-refractivity contribution in [3.63, 3.8) is 0 Å². The number of thioether (sulfide) groups is 1. The van der Waals surface area contributed by atoms with Gasteiger partial charge in [-0.1, -0.05) is 23.7 Å². The standard InChI is InChI=1S/C15H10ClNO3S/c1-9-6-7-10(20-9)8-13-14(18)17(15(19)21-13)12-5-3-2-4-11(12)16/h2-8H,1H3/b13-8-. The van der Waals surface area contributed by atoms with Crippen molar-refractivity contribution in [2.75, 3.05) is 4.90 Å². The number of aryl methyl sites for hydroxylation is 1. The van der Waals surface area contributed by atoms with Crippen LogP contribution >= 0.6 is 23.4 Å². The van der Waals surface area contributed by atoms with Crippen LogP contribution in [0.5, 0.6) is 0 Å². The van der Waals surface area contributed by atoms with Gasteiger partial charge in [0, 0.05) is 6.08 Å². The lowest BCUT2D eigenvalue weighted by Crippen LogP contribution is -2.27. The number of hydrogen-bond donors (Lipinski definition) is 0. The van der Waals surface area contributed by atoms with E-state index < -0.39 is 5.91 Å². The summed E-state index contributed by atoms with van der Waals surface area (Å²) in [6.45, 7) is 1.81. The molecule has 0 aliphatic carbocycles. The van der Waals surface area contributed by atoms with Crippen LogP contribution in [-0.4, -0.2) is 11.1 Å². The number of carbonyl (C=O) groups excluding carboxylic acids is 2. The van der Waals surface area contributed by atoms with Crippen molar-refractivity contribution in [3.05, 3.63) is 57.8 Å². The van der Waals surface area contributed by atoms with Crippen LogP contribution in [0.25, 0.3) is 6.08 Å². The highest BCUT2D eigenvalue weighted by atomic mass is 35.5. The van der Waals surface area contributed by atoms with E-state index in [1.54, 1.807) is 42.5 Å². The molecule has 1 fully saturated rings. The fourth-order valence-electron chi connectivity index (χ4n) is 1.97.